The van der Waals surface area contributed by atoms with Crippen LogP contribution in [-0.2, 0) is 18.6 Å². The van der Waals surface area contributed by atoms with Gasteiger partial charge in [0.2, 0.25) is 0 Å². The van der Waals surface area contributed by atoms with Crippen LogP contribution in [0, 0.1) is 0 Å². The molecule has 1 saturated heterocycles. The van der Waals surface area contributed by atoms with E-state index >= 15 is 0 Å². The number of phosphoric ester groups is 1. The maximum Gasteiger partial charge on any atom is 0.469 e. The van der Waals surface area contributed by atoms with Gasteiger partial charge in [-0.1, -0.05) is 0 Å². The van der Waals surface area contributed by atoms with E-state index in [1.807, 2.05) is 0 Å². The van der Waals surface area contributed by atoms with E-state index in [9.17, 15) is 9.67 Å². The van der Waals surface area contributed by atoms with Crippen LogP contribution in [0.25, 0.3) is 0 Å². The Bertz CT molecular complexity index is 282. The lowest BCUT2D eigenvalue weighted by atomic mass is 9.92. The first-order chi connectivity index (χ1) is 7.26. The number of aliphatic hydroxyl groups is 1. The van der Waals surface area contributed by atoms with E-state index < -0.39 is 32.2 Å². The fourth-order valence-electron chi connectivity index (χ4n) is 1.87. The van der Waals surface area contributed by atoms with Gasteiger partial charge in [-0.3, -0.25) is 4.52 Å². The van der Waals surface area contributed by atoms with Gasteiger partial charge >= 0.3 is 7.82 Å². The Kier molecular flexibility index (Phi) is 4.53. The smallest absolute Gasteiger partial charge is 0.388 e. The van der Waals surface area contributed by atoms with Gasteiger partial charge in [0, 0.05) is 7.11 Å². The molecule has 94 valence electrons. The monoisotopic (exact) mass is 254 g/mol. The lowest BCUT2D eigenvalue weighted by Crippen LogP contribution is -2.39. The Balaban J connectivity index is 2.65. The minimum atomic E-state index is -4.58. The van der Waals surface area contributed by atoms with Crippen LogP contribution in [0.3, 0.4) is 0 Å². The minimum absolute atomic E-state index is 0.354. The van der Waals surface area contributed by atoms with Gasteiger partial charge in [-0.05, 0) is 6.92 Å². The number of phosphoric acid groups is 1. The molecule has 0 aromatic rings. The summed E-state index contributed by atoms with van der Waals surface area (Å²) < 4.78 is 25.5. The third kappa shape index (κ3) is 3.27. The molecule has 0 aromatic carbocycles. The van der Waals surface area contributed by atoms with Crippen molar-refractivity contribution in [2.24, 2.45) is 0 Å². The molecule has 0 aromatic heterocycles. The van der Waals surface area contributed by atoms with Crippen molar-refractivity contribution >= 4 is 15.7 Å². The van der Waals surface area contributed by atoms with Crippen LogP contribution >= 0.6 is 7.82 Å². The topological polar surface area (TPSA) is 105 Å². The van der Waals surface area contributed by atoms with Crippen molar-refractivity contribution in [3.8, 4) is 0 Å². The van der Waals surface area contributed by atoms with Crippen molar-refractivity contribution in [1.29, 1.82) is 0 Å². The van der Waals surface area contributed by atoms with E-state index in [2.05, 4.69) is 4.52 Å². The first-order valence-electron chi connectivity index (χ1n) is 4.86. The lowest BCUT2D eigenvalue weighted by Gasteiger charge is -2.23. The summed E-state index contributed by atoms with van der Waals surface area (Å²) in [5.74, 6) is 0. The Labute approximate surface area is 94.3 Å². The molecule has 7 nitrogen and oxygen atoms in total. The van der Waals surface area contributed by atoms with Gasteiger partial charge < -0.3 is 24.4 Å². The third-order valence-electron chi connectivity index (χ3n) is 2.55. The molecule has 1 rings (SSSR count). The van der Waals surface area contributed by atoms with Crippen LogP contribution in [0.1, 0.15) is 6.92 Å². The van der Waals surface area contributed by atoms with E-state index in [1.165, 1.54) is 14.0 Å². The molecule has 1 aliphatic heterocycles. The predicted molar refractivity (Wildman–Crippen MR) is 56.6 cm³/mol. The Morgan fingerprint density at radius 2 is 2.06 bits per heavy atom. The minimum Gasteiger partial charge on any atom is -0.388 e. The highest BCUT2D eigenvalue weighted by Gasteiger charge is 2.45. The average molecular weight is 254 g/mol. The first-order valence-corrected chi connectivity index (χ1v) is 6.39. The summed E-state index contributed by atoms with van der Waals surface area (Å²) in [5, 5.41) is 9.80. The van der Waals surface area contributed by atoms with Crippen molar-refractivity contribution in [2.75, 3.05) is 7.11 Å². The van der Waals surface area contributed by atoms with Crippen LogP contribution in [0.5, 0.6) is 0 Å². The van der Waals surface area contributed by atoms with E-state index in [0.717, 1.165) is 0 Å². The lowest BCUT2D eigenvalue weighted by molar-refractivity contribution is -0.0469. The summed E-state index contributed by atoms with van der Waals surface area (Å²) in [4.78, 5) is 17.3. The molecule has 1 unspecified atom stereocenters. The maximum atomic E-state index is 10.6. The second-order valence-corrected chi connectivity index (χ2v) is 4.99. The fraction of sp³-hybridized carbons (Fsp3) is 1.00. The van der Waals surface area contributed by atoms with Gasteiger partial charge in [0.25, 0.3) is 0 Å². The molecule has 1 heterocycles. The molecule has 0 bridgehead atoms. The van der Waals surface area contributed by atoms with E-state index in [1.54, 1.807) is 7.85 Å². The normalized spacial score (nSPS) is 37.6. The van der Waals surface area contributed by atoms with Crippen molar-refractivity contribution in [2.45, 2.75) is 37.3 Å². The highest BCUT2D eigenvalue weighted by atomic mass is 31.2. The summed E-state index contributed by atoms with van der Waals surface area (Å²) >= 11 is 0. The van der Waals surface area contributed by atoms with Gasteiger partial charge in [-0.2, -0.15) is 0 Å². The highest BCUT2D eigenvalue weighted by molar-refractivity contribution is 7.46. The van der Waals surface area contributed by atoms with E-state index in [-0.39, 0.29) is 6.00 Å². The number of hydrogen-bond acceptors (Lipinski definition) is 5. The Morgan fingerprint density at radius 1 is 1.50 bits per heavy atom. The number of hydrogen-bond donors (Lipinski definition) is 3. The standard InChI is InChI=1S/C7H16BO7P/c1-3(15-16(10,11)12)5-4(9)6(13-2)7(8)14-5/h3-7,9H,8H2,1-2H3,(H2,10,11,12)/t3?,4-,5-,6-,7-/m1/s1. The molecule has 0 radical (unpaired) electrons. The zero-order valence-corrected chi connectivity index (χ0v) is 10.2. The van der Waals surface area contributed by atoms with Crippen LogP contribution in [0.4, 0.5) is 0 Å². The van der Waals surface area contributed by atoms with Gasteiger partial charge in [0.1, 0.15) is 26.2 Å². The second-order valence-electron chi connectivity index (χ2n) is 3.80. The summed E-state index contributed by atoms with van der Waals surface area (Å²) in [6.45, 7) is 1.43. The molecule has 0 aliphatic carbocycles. The van der Waals surface area contributed by atoms with Crippen molar-refractivity contribution in [3.63, 3.8) is 0 Å². The Morgan fingerprint density at radius 3 is 2.44 bits per heavy atom. The molecule has 5 atom stereocenters. The number of methoxy groups -OCH3 is 1. The SMILES string of the molecule is B[C@@H]1O[C@H](C(C)OP(=O)(O)O)[C@@H](O)[C@H]1OC. The highest BCUT2D eigenvalue weighted by Crippen LogP contribution is 2.40. The summed E-state index contributed by atoms with van der Waals surface area (Å²) in [6, 6.07) is -0.354. The van der Waals surface area contributed by atoms with Crippen molar-refractivity contribution in [3.05, 3.63) is 0 Å². The third-order valence-corrected chi connectivity index (χ3v) is 3.15. The quantitative estimate of drug-likeness (QED) is 0.402. The van der Waals surface area contributed by atoms with Crippen LogP contribution in [-0.4, -0.2) is 60.3 Å². The summed E-state index contributed by atoms with van der Waals surface area (Å²) in [5.41, 5.74) is 0. The van der Waals surface area contributed by atoms with E-state index in [0.29, 0.717) is 0 Å². The first kappa shape index (κ1) is 14.1. The summed E-state index contributed by atoms with van der Waals surface area (Å²) in [7, 11) is -1.44. The van der Waals surface area contributed by atoms with E-state index in [4.69, 9.17) is 19.3 Å². The average Bonchev–Trinajstić information content (AvgIpc) is 2.38. The molecule has 16 heavy (non-hydrogen) atoms. The van der Waals surface area contributed by atoms with Gasteiger partial charge in [-0.15, -0.1) is 0 Å². The van der Waals surface area contributed by atoms with Crippen molar-refractivity contribution < 1.29 is 33.5 Å². The largest absolute Gasteiger partial charge is 0.469 e. The predicted octanol–water partition coefficient (Wildman–Crippen LogP) is -1.78. The fourth-order valence-corrected chi connectivity index (χ4v) is 2.42. The van der Waals surface area contributed by atoms with Crippen LogP contribution in [0.2, 0.25) is 0 Å². The maximum absolute atomic E-state index is 10.6. The van der Waals surface area contributed by atoms with Crippen LogP contribution < -0.4 is 0 Å². The molecular weight excluding hydrogens is 238 g/mol. The molecule has 0 saturated carbocycles. The Hall–Kier alpha value is 0.0549. The summed E-state index contributed by atoms with van der Waals surface area (Å²) in [6.07, 6.45) is -3.22. The van der Waals surface area contributed by atoms with Crippen molar-refractivity contribution in [1.82, 2.24) is 0 Å². The van der Waals surface area contributed by atoms with Crippen LogP contribution in [0.15, 0.2) is 0 Å². The molecule has 1 aliphatic rings. The number of aliphatic hydroxyl groups excluding tert-OH is 1. The molecule has 3 N–H and O–H groups in total. The molecule has 1 fully saturated rings. The molecule has 9 heteroatoms. The zero-order valence-electron chi connectivity index (χ0n) is 9.31. The molecular formula is C7H16BO7P. The molecule has 0 amide bonds. The van der Waals surface area contributed by atoms with Gasteiger partial charge in [0.05, 0.1) is 12.1 Å². The zero-order chi connectivity index (χ0) is 12.5. The molecule has 0 spiro atoms. The van der Waals surface area contributed by atoms with Gasteiger partial charge in [-0.25, -0.2) is 4.57 Å². The second kappa shape index (κ2) is 5.14. The number of rotatable bonds is 4. The number of ether oxygens (including phenoxy) is 2. The van der Waals surface area contributed by atoms with Gasteiger partial charge in [0.15, 0.2) is 0 Å².